The third-order valence-corrected chi connectivity index (χ3v) is 6.32. The van der Waals surface area contributed by atoms with Crippen molar-refractivity contribution >= 4 is 5.52 Å². The summed E-state index contributed by atoms with van der Waals surface area (Å²) in [6, 6.07) is 7.03. The smallest absolute Gasteiger partial charge is 0.179 e. The van der Waals surface area contributed by atoms with Gasteiger partial charge in [-0.3, -0.25) is 4.98 Å². The van der Waals surface area contributed by atoms with E-state index in [2.05, 4.69) is 32.7 Å². The van der Waals surface area contributed by atoms with Crippen molar-refractivity contribution in [3.05, 3.63) is 59.6 Å². The Morgan fingerprint density at radius 3 is 2.69 bits per heavy atom. The molecule has 1 atom stereocenters. The predicted octanol–water partition coefficient (Wildman–Crippen LogP) is 3.56. The van der Waals surface area contributed by atoms with E-state index in [1.807, 2.05) is 17.7 Å². The molecule has 0 radical (unpaired) electrons. The van der Waals surface area contributed by atoms with Crippen molar-refractivity contribution in [2.24, 2.45) is 0 Å². The number of pyridine rings is 2. The van der Waals surface area contributed by atoms with Crippen LogP contribution in [0.3, 0.4) is 0 Å². The topological polar surface area (TPSA) is 121 Å². The maximum Gasteiger partial charge on any atom is 0.179 e. The Labute approximate surface area is 200 Å². The van der Waals surface area contributed by atoms with E-state index in [0.717, 1.165) is 30.3 Å². The highest BCUT2D eigenvalue weighted by Crippen LogP contribution is 2.34. The fourth-order valence-corrected chi connectivity index (χ4v) is 4.43. The van der Waals surface area contributed by atoms with E-state index in [0.29, 0.717) is 41.3 Å². The number of nitriles is 2. The van der Waals surface area contributed by atoms with Gasteiger partial charge in [-0.2, -0.15) is 15.6 Å². The van der Waals surface area contributed by atoms with Crippen LogP contribution in [0.25, 0.3) is 16.8 Å². The molecule has 1 aliphatic heterocycles. The summed E-state index contributed by atoms with van der Waals surface area (Å²) in [7, 11) is 0. The van der Waals surface area contributed by atoms with Crippen LogP contribution in [0.2, 0.25) is 0 Å². The van der Waals surface area contributed by atoms with Crippen LogP contribution in [0.5, 0.6) is 5.75 Å². The molecule has 5 heterocycles. The van der Waals surface area contributed by atoms with E-state index in [9.17, 15) is 9.65 Å². The SMILES string of the molecule is Cc1c(-c2cc(O[C@H](C)c3ccc(F)cn3)c3c(C#N)cnn3c2)nnn1C1CCN(C#N)CC1. The van der Waals surface area contributed by atoms with Crippen molar-refractivity contribution in [1.29, 1.82) is 10.5 Å². The maximum atomic E-state index is 13.3. The van der Waals surface area contributed by atoms with Crippen LogP contribution >= 0.6 is 0 Å². The third kappa shape index (κ3) is 4.13. The average molecular weight is 472 g/mol. The van der Waals surface area contributed by atoms with Crippen molar-refractivity contribution in [2.75, 3.05) is 13.1 Å². The zero-order valence-electron chi connectivity index (χ0n) is 19.3. The molecule has 1 saturated heterocycles. The number of piperidine rings is 1. The lowest BCUT2D eigenvalue weighted by Crippen LogP contribution is -2.31. The standard InChI is InChI=1S/C24H22FN9O/c1-15-23(30-31-34(15)20-5-7-32(14-27)8-6-20)17-9-22(24-18(10-26)11-29-33(24)13-17)35-16(2)21-4-3-19(25)12-28-21/h3-4,9,11-13,16,20H,5-8H2,1-2H3/t16-/m1/s1. The Bertz CT molecular complexity index is 1450. The number of ether oxygens (including phenoxy) is 1. The van der Waals surface area contributed by atoms with Gasteiger partial charge in [-0.15, -0.1) is 5.10 Å². The Hall–Kier alpha value is -4.51. The molecule has 10 nitrogen and oxygen atoms in total. The van der Waals surface area contributed by atoms with E-state index in [1.165, 1.54) is 12.3 Å². The van der Waals surface area contributed by atoms with Gasteiger partial charge >= 0.3 is 0 Å². The van der Waals surface area contributed by atoms with Crippen LogP contribution in [0.1, 0.15) is 48.9 Å². The first-order valence-corrected chi connectivity index (χ1v) is 11.2. The van der Waals surface area contributed by atoms with Crippen molar-refractivity contribution in [3.8, 4) is 29.3 Å². The molecule has 11 heteroatoms. The minimum Gasteiger partial charge on any atom is -0.482 e. The van der Waals surface area contributed by atoms with Crippen LogP contribution in [0.15, 0.2) is 36.8 Å². The molecule has 4 aromatic rings. The Kier molecular flexibility index (Phi) is 5.75. The second kappa shape index (κ2) is 9.03. The lowest BCUT2D eigenvalue weighted by molar-refractivity contribution is 0.223. The lowest BCUT2D eigenvalue weighted by Gasteiger charge is -2.28. The Balaban J connectivity index is 1.51. The zero-order valence-corrected chi connectivity index (χ0v) is 19.3. The van der Waals surface area contributed by atoms with Crippen molar-refractivity contribution in [3.63, 3.8) is 0 Å². The Morgan fingerprint density at radius 1 is 1.20 bits per heavy atom. The molecule has 0 unspecified atom stereocenters. The van der Waals surface area contributed by atoms with Gasteiger partial charge < -0.3 is 9.64 Å². The van der Waals surface area contributed by atoms with Crippen LogP contribution < -0.4 is 4.74 Å². The molecule has 5 rings (SSSR count). The second-order valence-corrected chi connectivity index (χ2v) is 8.50. The summed E-state index contributed by atoms with van der Waals surface area (Å²) in [5, 5.41) is 31.9. The van der Waals surface area contributed by atoms with Crippen molar-refractivity contribution < 1.29 is 9.13 Å². The fraction of sp³-hybridized carbons (Fsp3) is 0.333. The van der Waals surface area contributed by atoms with E-state index < -0.39 is 11.9 Å². The van der Waals surface area contributed by atoms with E-state index in [-0.39, 0.29) is 6.04 Å². The quantitative estimate of drug-likeness (QED) is 0.405. The highest BCUT2D eigenvalue weighted by molar-refractivity contribution is 5.74. The first-order chi connectivity index (χ1) is 17.0. The molecular weight excluding hydrogens is 449 g/mol. The van der Waals surface area contributed by atoms with Crippen LogP contribution in [0.4, 0.5) is 4.39 Å². The molecule has 0 amide bonds. The molecule has 1 aliphatic rings. The number of hydrogen-bond acceptors (Lipinski definition) is 8. The largest absolute Gasteiger partial charge is 0.482 e. The summed E-state index contributed by atoms with van der Waals surface area (Å²) in [6.45, 7) is 5.16. The van der Waals surface area contributed by atoms with Gasteiger partial charge in [0.1, 0.15) is 40.5 Å². The lowest BCUT2D eigenvalue weighted by atomic mass is 10.0. The molecule has 4 aromatic heterocycles. The summed E-state index contributed by atoms with van der Waals surface area (Å²) in [5.41, 5.74) is 3.76. The number of hydrogen-bond donors (Lipinski definition) is 0. The highest BCUT2D eigenvalue weighted by atomic mass is 19.1. The highest BCUT2D eigenvalue weighted by Gasteiger charge is 2.25. The molecule has 35 heavy (non-hydrogen) atoms. The molecule has 0 aromatic carbocycles. The number of fused-ring (bicyclic) bond motifs is 1. The molecule has 0 saturated carbocycles. The normalized spacial score (nSPS) is 15.1. The molecule has 176 valence electrons. The maximum absolute atomic E-state index is 13.3. The first-order valence-electron chi connectivity index (χ1n) is 11.2. The molecule has 1 fully saturated rings. The monoisotopic (exact) mass is 471 g/mol. The molecule has 0 spiro atoms. The van der Waals surface area contributed by atoms with Gasteiger partial charge in [0.25, 0.3) is 0 Å². The molecule has 0 aliphatic carbocycles. The van der Waals surface area contributed by atoms with Gasteiger partial charge in [-0.1, -0.05) is 5.21 Å². The minimum atomic E-state index is -0.502. The minimum absolute atomic E-state index is 0.166. The van der Waals surface area contributed by atoms with Gasteiger partial charge in [0.2, 0.25) is 0 Å². The fourth-order valence-electron chi connectivity index (χ4n) is 4.43. The summed E-state index contributed by atoms with van der Waals surface area (Å²) in [6.07, 6.45) is 7.76. The summed E-state index contributed by atoms with van der Waals surface area (Å²) in [4.78, 5) is 5.86. The van der Waals surface area contributed by atoms with Crippen LogP contribution in [-0.4, -0.2) is 47.6 Å². The number of aromatic nitrogens is 6. The molecular formula is C24H22FN9O. The van der Waals surface area contributed by atoms with E-state index in [4.69, 9.17) is 10.00 Å². The number of rotatable bonds is 5. The van der Waals surface area contributed by atoms with E-state index >= 15 is 0 Å². The third-order valence-electron chi connectivity index (χ3n) is 6.32. The van der Waals surface area contributed by atoms with Gasteiger partial charge in [0, 0.05) is 24.8 Å². The summed E-state index contributed by atoms with van der Waals surface area (Å²) >= 11 is 0. The number of nitrogens with zero attached hydrogens (tertiary/aromatic N) is 9. The second-order valence-electron chi connectivity index (χ2n) is 8.50. The molecule has 0 bridgehead atoms. The van der Waals surface area contributed by atoms with Crippen LogP contribution in [-0.2, 0) is 0 Å². The van der Waals surface area contributed by atoms with E-state index in [1.54, 1.807) is 28.6 Å². The molecule has 0 N–H and O–H groups in total. The van der Waals surface area contributed by atoms with Gasteiger partial charge in [0.05, 0.1) is 29.8 Å². The van der Waals surface area contributed by atoms with Crippen molar-refractivity contribution in [2.45, 2.75) is 38.8 Å². The number of halogens is 1. The number of likely N-dealkylation sites (tertiary alicyclic amines) is 1. The Morgan fingerprint density at radius 2 is 2.00 bits per heavy atom. The van der Waals surface area contributed by atoms with Gasteiger partial charge in [0.15, 0.2) is 6.19 Å². The van der Waals surface area contributed by atoms with Gasteiger partial charge in [-0.05, 0) is 44.9 Å². The average Bonchev–Trinajstić information content (AvgIpc) is 3.47. The van der Waals surface area contributed by atoms with Gasteiger partial charge in [-0.25, -0.2) is 13.6 Å². The first kappa shape index (κ1) is 22.3. The predicted molar refractivity (Wildman–Crippen MR) is 122 cm³/mol. The zero-order chi connectivity index (χ0) is 24.5. The summed E-state index contributed by atoms with van der Waals surface area (Å²) in [5.74, 6) is 0.0104. The van der Waals surface area contributed by atoms with Crippen molar-refractivity contribution in [1.82, 2.24) is 34.5 Å². The van der Waals surface area contributed by atoms with Crippen LogP contribution in [0, 0.1) is 35.5 Å². The summed E-state index contributed by atoms with van der Waals surface area (Å²) < 4.78 is 23.0.